The Kier molecular flexibility index (Phi) is 5.96. The molecule has 1 atom stereocenters. The Hall–Kier alpha value is -3.82. The van der Waals surface area contributed by atoms with Gasteiger partial charge in [0.1, 0.15) is 17.9 Å². The van der Waals surface area contributed by atoms with Crippen LogP contribution in [0.5, 0.6) is 11.5 Å². The number of fused-ring (bicyclic) bond motifs is 1. The van der Waals surface area contributed by atoms with Crippen molar-refractivity contribution < 1.29 is 28.2 Å². The van der Waals surface area contributed by atoms with Gasteiger partial charge in [-0.3, -0.25) is 14.5 Å². The number of anilines is 1. The van der Waals surface area contributed by atoms with Crippen molar-refractivity contribution >= 4 is 23.5 Å². The first kappa shape index (κ1) is 22.9. The van der Waals surface area contributed by atoms with Crippen molar-refractivity contribution in [1.29, 1.82) is 0 Å². The van der Waals surface area contributed by atoms with Crippen LogP contribution in [0.2, 0.25) is 0 Å². The lowest BCUT2D eigenvalue weighted by Gasteiger charge is -2.36. The monoisotopic (exact) mass is 482 g/mol. The molecular formula is C25H27FN4O5. The van der Waals surface area contributed by atoms with Crippen LogP contribution in [0.15, 0.2) is 42.5 Å². The third-order valence-electron chi connectivity index (χ3n) is 6.72. The third kappa shape index (κ3) is 4.36. The molecule has 0 radical (unpaired) electrons. The van der Waals surface area contributed by atoms with E-state index in [1.54, 1.807) is 42.2 Å². The van der Waals surface area contributed by atoms with E-state index in [-0.39, 0.29) is 18.3 Å². The number of carbonyl (C=O) groups is 3. The molecule has 3 aliphatic heterocycles. The summed E-state index contributed by atoms with van der Waals surface area (Å²) in [6.07, 6.45) is 0.755. The lowest BCUT2D eigenvalue weighted by Crippen LogP contribution is -2.52. The van der Waals surface area contributed by atoms with E-state index in [2.05, 4.69) is 10.2 Å². The maximum Gasteiger partial charge on any atom is 0.325 e. The topological polar surface area (TPSA) is 91.4 Å². The largest absolute Gasteiger partial charge is 0.490 e. The fourth-order valence-electron chi connectivity index (χ4n) is 4.61. The van der Waals surface area contributed by atoms with Crippen molar-refractivity contribution in [1.82, 2.24) is 15.1 Å². The fourth-order valence-corrected chi connectivity index (χ4v) is 4.61. The second-order valence-corrected chi connectivity index (χ2v) is 9.00. The Bertz CT molecular complexity index is 1150. The molecule has 5 rings (SSSR count). The highest BCUT2D eigenvalue weighted by Crippen LogP contribution is 2.36. The van der Waals surface area contributed by atoms with Crippen LogP contribution in [0.25, 0.3) is 0 Å². The van der Waals surface area contributed by atoms with Gasteiger partial charge in [-0.1, -0.05) is 6.07 Å². The summed E-state index contributed by atoms with van der Waals surface area (Å²) in [4.78, 5) is 43.7. The van der Waals surface area contributed by atoms with E-state index in [0.717, 1.165) is 17.0 Å². The zero-order chi connectivity index (χ0) is 24.6. The molecule has 1 unspecified atom stereocenters. The molecule has 9 nitrogen and oxygen atoms in total. The maximum atomic E-state index is 13.3. The number of carbonyl (C=O) groups excluding carboxylic acids is 3. The van der Waals surface area contributed by atoms with Gasteiger partial charge in [-0.05, 0) is 48.9 Å². The smallest absolute Gasteiger partial charge is 0.325 e. The molecule has 0 spiro atoms. The Morgan fingerprint density at radius 2 is 1.69 bits per heavy atom. The summed E-state index contributed by atoms with van der Waals surface area (Å²) in [6.45, 7) is 4.38. The summed E-state index contributed by atoms with van der Waals surface area (Å²) >= 11 is 0. The molecule has 4 amide bonds. The van der Waals surface area contributed by atoms with Gasteiger partial charge >= 0.3 is 6.03 Å². The van der Waals surface area contributed by atoms with Gasteiger partial charge in [0.25, 0.3) is 5.91 Å². The minimum absolute atomic E-state index is 0.296. The molecule has 0 saturated carbocycles. The first-order chi connectivity index (χ1) is 16.8. The number of urea groups is 1. The molecule has 35 heavy (non-hydrogen) atoms. The maximum absolute atomic E-state index is 13.3. The molecule has 3 heterocycles. The molecule has 3 aliphatic rings. The second-order valence-electron chi connectivity index (χ2n) is 9.00. The summed E-state index contributed by atoms with van der Waals surface area (Å²) in [5.74, 6) is 0.0376. The number of piperazine rings is 1. The van der Waals surface area contributed by atoms with Gasteiger partial charge in [-0.2, -0.15) is 0 Å². The van der Waals surface area contributed by atoms with E-state index in [9.17, 15) is 18.8 Å². The van der Waals surface area contributed by atoms with Gasteiger partial charge in [0.2, 0.25) is 5.91 Å². The van der Waals surface area contributed by atoms with E-state index in [0.29, 0.717) is 56.5 Å². The zero-order valence-electron chi connectivity index (χ0n) is 19.5. The summed E-state index contributed by atoms with van der Waals surface area (Å²) in [6, 6.07) is 10.8. The van der Waals surface area contributed by atoms with Gasteiger partial charge in [-0.25, -0.2) is 9.18 Å². The average molecular weight is 483 g/mol. The molecule has 184 valence electrons. The second kappa shape index (κ2) is 9.09. The predicted octanol–water partition coefficient (Wildman–Crippen LogP) is 2.10. The molecule has 2 aromatic carbocycles. The number of rotatable bonds is 4. The van der Waals surface area contributed by atoms with Crippen molar-refractivity contribution in [3.63, 3.8) is 0 Å². The van der Waals surface area contributed by atoms with Crippen molar-refractivity contribution in [2.45, 2.75) is 18.9 Å². The number of halogens is 1. The van der Waals surface area contributed by atoms with Crippen LogP contribution in [0, 0.1) is 5.82 Å². The van der Waals surface area contributed by atoms with Gasteiger partial charge in [0.15, 0.2) is 11.5 Å². The van der Waals surface area contributed by atoms with Crippen LogP contribution >= 0.6 is 0 Å². The van der Waals surface area contributed by atoms with Crippen LogP contribution in [0.3, 0.4) is 0 Å². The minimum Gasteiger partial charge on any atom is -0.490 e. The number of amides is 4. The summed E-state index contributed by atoms with van der Waals surface area (Å²) in [5, 5.41) is 2.74. The van der Waals surface area contributed by atoms with E-state index in [4.69, 9.17) is 9.47 Å². The number of hydrogen-bond donors (Lipinski definition) is 1. The number of benzene rings is 2. The van der Waals surface area contributed by atoms with E-state index < -0.39 is 17.5 Å². The average Bonchev–Trinajstić information content (AvgIpc) is 3.02. The molecule has 10 heteroatoms. The van der Waals surface area contributed by atoms with Crippen LogP contribution in [-0.2, 0) is 15.1 Å². The molecule has 2 saturated heterocycles. The van der Waals surface area contributed by atoms with Crippen LogP contribution in [0.4, 0.5) is 14.9 Å². The normalized spacial score (nSPS) is 22.2. The van der Waals surface area contributed by atoms with Crippen molar-refractivity contribution in [3.05, 3.63) is 53.8 Å². The number of nitrogens with zero attached hydrogens (tertiary/aromatic N) is 3. The quantitative estimate of drug-likeness (QED) is 0.672. The highest BCUT2D eigenvalue weighted by Gasteiger charge is 2.50. The standard InChI is InChI=1S/C25H27FN4O5/c1-25(17-3-8-20-21(15-17)35-14-2-13-34-20)23(32)30(24(33)27-25)16-22(31)29-11-9-28(10-12-29)19-6-4-18(26)5-7-19/h3-8,15H,2,9-14,16H2,1H3,(H,27,33). The molecule has 2 fully saturated rings. The highest BCUT2D eigenvalue weighted by molar-refractivity contribution is 6.09. The van der Waals surface area contributed by atoms with Crippen molar-refractivity contribution in [3.8, 4) is 11.5 Å². The Morgan fingerprint density at radius 3 is 2.40 bits per heavy atom. The number of ether oxygens (including phenoxy) is 2. The molecule has 0 aliphatic carbocycles. The Morgan fingerprint density at radius 1 is 1.00 bits per heavy atom. The number of hydrogen-bond acceptors (Lipinski definition) is 6. The zero-order valence-corrected chi connectivity index (χ0v) is 19.5. The van der Waals surface area contributed by atoms with Crippen LogP contribution in [0.1, 0.15) is 18.9 Å². The summed E-state index contributed by atoms with van der Waals surface area (Å²) < 4.78 is 24.6. The Balaban J connectivity index is 1.24. The minimum atomic E-state index is -1.32. The van der Waals surface area contributed by atoms with Crippen molar-refractivity contribution in [2.24, 2.45) is 0 Å². The predicted molar refractivity (Wildman–Crippen MR) is 125 cm³/mol. The van der Waals surface area contributed by atoms with Gasteiger partial charge < -0.3 is 24.6 Å². The van der Waals surface area contributed by atoms with Gasteiger partial charge in [0, 0.05) is 38.3 Å². The third-order valence-corrected chi connectivity index (χ3v) is 6.72. The molecule has 0 bridgehead atoms. The first-order valence-corrected chi connectivity index (χ1v) is 11.7. The lowest BCUT2D eigenvalue weighted by molar-refractivity contribution is -0.139. The highest BCUT2D eigenvalue weighted by atomic mass is 19.1. The molecule has 2 aromatic rings. The molecule has 0 aromatic heterocycles. The fraction of sp³-hybridized carbons (Fsp3) is 0.400. The van der Waals surface area contributed by atoms with Gasteiger partial charge in [-0.15, -0.1) is 0 Å². The lowest BCUT2D eigenvalue weighted by atomic mass is 9.91. The Labute approximate surface area is 202 Å². The molecular weight excluding hydrogens is 455 g/mol. The van der Waals surface area contributed by atoms with Gasteiger partial charge in [0.05, 0.1) is 13.2 Å². The first-order valence-electron chi connectivity index (χ1n) is 11.7. The van der Waals surface area contributed by atoms with Crippen LogP contribution < -0.4 is 19.7 Å². The number of nitrogens with one attached hydrogen (secondary N) is 1. The van der Waals surface area contributed by atoms with E-state index in [1.807, 2.05) is 0 Å². The van der Waals surface area contributed by atoms with Crippen molar-refractivity contribution in [2.75, 3.05) is 50.8 Å². The number of imide groups is 1. The summed E-state index contributed by atoms with van der Waals surface area (Å²) in [7, 11) is 0. The van der Waals surface area contributed by atoms with E-state index in [1.165, 1.54) is 12.1 Å². The van der Waals surface area contributed by atoms with E-state index >= 15 is 0 Å². The van der Waals surface area contributed by atoms with Crippen LogP contribution in [-0.4, -0.2) is 73.6 Å². The summed E-state index contributed by atoms with van der Waals surface area (Å²) in [5.41, 5.74) is 0.130. The molecule has 1 N–H and O–H groups in total. The SMILES string of the molecule is CC1(c2ccc3c(c2)OCCCO3)NC(=O)N(CC(=O)N2CCN(c3ccc(F)cc3)CC2)C1=O.